The number of rotatable bonds is 0. The molecule has 0 N–H and O–H groups in total. The predicted octanol–water partition coefficient (Wildman–Crippen LogP) is 1.78. The molecule has 0 aromatic heterocycles. The summed E-state index contributed by atoms with van der Waals surface area (Å²) in [5, 5.41) is 0.537. The van der Waals surface area contributed by atoms with Gasteiger partial charge in [0.1, 0.15) is 0 Å². The first-order valence-corrected chi connectivity index (χ1v) is 2.47. The molecule has 0 aromatic carbocycles. The van der Waals surface area contributed by atoms with Crippen molar-refractivity contribution in [2.45, 2.75) is 24.6 Å². The Labute approximate surface area is 37.1 Å². The minimum atomic E-state index is 0.537. The summed E-state index contributed by atoms with van der Waals surface area (Å²) in [4.78, 5) is 0. The van der Waals surface area contributed by atoms with Crippen LogP contribution in [0.4, 0.5) is 0 Å². The van der Waals surface area contributed by atoms with Crippen LogP contribution in [0.25, 0.3) is 0 Å². The Morgan fingerprint density at radius 2 is 1.80 bits per heavy atom. The lowest BCUT2D eigenvalue weighted by atomic mass is 10.0. The van der Waals surface area contributed by atoms with E-state index < -0.39 is 0 Å². The SMILES string of the molecule is ClC1CCC1. The third kappa shape index (κ3) is 0.569. The molecule has 1 aliphatic rings. The van der Waals surface area contributed by atoms with Crippen LogP contribution in [-0.4, -0.2) is 5.38 Å². The van der Waals surface area contributed by atoms with Gasteiger partial charge in [-0.2, -0.15) is 0 Å². The molecule has 1 heteroatoms. The molecule has 0 aliphatic heterocycles. The highest BCUT2D eigenvalue weighted by molar-refractivity contribution is 6.21. The lowest BCUT2D eigenvalue weighted by Gasteiger charge is -2.16. The number of halogens is 1. The maximum atomic E-state index is 5.55. The van der Waals surface area contributed by atoms with Gasteiger partial charge in [0, 0.05) is 5.38 Å². The first-order valence-electron chi connectivity index (χ1n) is 2.03. The first kappa shape index (κ1) is 3.48. The van der Waals surface area contributed by atoms with Gasteiger partial charge in [-0.25, -0.2) is 0 Å². The Balaban J connectivity index is 2.08. The van der Waals surface area contributed by atoms with E-state index in [0.717, 1.165) is 0 Å². The van der Waals surface area contributed by atoms with Crippen molar-refractivity contribution in [1.82, 2.24) is 0 Å². The fraction of sp³-hybridized carbons (Fsp3) is 1.00. The minimum absolute atomic E-state index is 0.537. The van der Waals surface area contributed by atoms with Crippen molar-refractivity contribution < 1.29 is 0 Å². The molecule has 0 nitrogen and oxygen atoms in total. The fourth-order valence-electron chi connectivity index (χ4n) is 0.358. The van der Waals surface area contributed by atoms with Gasteiger partial charge in [-0.05, 0) is 12.8 Å². The second-order valence-corrected chi connectivity index (χ2v) is 2.15. The Kier molecular flexibility index (Phi) is 0.817. The molecule has 1 fully saturated rings. The maximum absolute atomic E-state index is 5.55. The van der Waals surface area contributed by atoms with Crippen molar-refractivity contribution >= 4 is 11.6 Å². The second-order valence-electron chi connectivity index (χ2n) is 1.53. The Morgan fingerprint density at radius 1 is 1.40 bits per heavy atom. The molecule has 0 heterocycles. The van der Waals surface area contributed by atoms with Crippen molar-refractivity contribution in [3.05, 3.63) is 0 Å². The van der Waals surface area contributed by atoms with E-state index in [2.05, 4.69) is 0 Å². The maximum Gasteiger partial charge on any atom is 0.0336 e. The average molecular weight is 90.6 g/mol. The molecule has 0 radical (unpaired) electrons. The van der Waals surface area contributed by atoms with Crippen molar-refractivity contribution in [3.8, 4) is 0 Å². The molecule has 0 spiro atoms. The van der Waals surface area contributed by atoms with Crippen LogP contribution >= 0.6 is 11.6 Å². The molecular weight excluding hydrogens is 83.5 g/mol. The van der Waals surface area contributed by atoms with Crippen molar-refractivity contribution in [1.29, 1.82) is 0 Å². The highest BCUT2D eigenvalue weighted by Crippen LogP contribution is 2.23. The van der Waals surface area contributed by atoms with Gasteiger partial charge in [-0.15, -0.1) is 11.6 Å². The standard InChI is InChI=1S/C4H7Cl/c5-4-2-1-3-4/h4H,1-3H2. The summed E-state index contributed by atoms with van der Waals surface area (Å²) >= 11 is 5.55. The van der Waals surface area contributed by atoms with E-state index in [9.17, 15) is 0 Å². The van der Waals surface area contributed by atoms with E-state index in [0.29, 0.717) is 5.38 Å². The summed E-state index contributed by atoms with van der Waals surface area (Å²) in [5.74, 6) is 0. The van der Waals surface area contributed by atoms with Crippen molar-refractivity contribution in [2.24, 2.45) is 0 Å². The Morgan fingerprint density at radius 3 is 1.80 bits per heavy atom. The van der Waals surface area contributed by atoms with Crippen molar-refractivity contribution in [3.63, 3.8) is 0 Å². The van der Waals surface area contributed by atoms with Gasteiger partial charge in [0.2, 0.25) is 0 Å². The van der Waals surface area contributed by atoms with Gasteiger partial charge in [-0.3, -0.25) is 0 Å². The lowest BCUT2D eigenvalue weighted by Crippen LogP contribution is -2.08. The van der Waals surface area contributed by atoms with Gasteiger partial charge in [0.15, 0.2) is 0 Å². The van der Waals surface area contributed by atoms with Crippen LogP contribution in [0, 0.1) is 0 Å². The van der Waals surface area contributed by atoms with Crippen LogP contribution in [0.2, 0.25) is 0 Å². The molecule has 0 saturated heterocycles. The normalized spacial score (nSPS) is 25.8. The third-order valence-corrected chi connectivity index (χ3v) is 1.47. The largest absolute Gasteiger partial charge is 0.123 e. The van der Waals surface area contributed by atoms with E-state index in [4.69, 9.17) is 11.6 Å². The third-order valence-electron chi connectivity index (χ3n) is 1.03. The van der Waals surface area contributed by atoms with Gasteiger partial charge in [-0.1, -0.05) is 6.42 Å². The number of alkyl halides is 1. The highest BCUT2D eigenvalue weighted by Gasteiger charge is 2.11. The molecule has 1 aliphatic carbocycles. The summed E-state index contributed by atoms with van der Waals surface area (Å²) < 4.78 is 0. The molecule has 0 bridgehead atoms. The quantitative estimate of drug-likeness (QED) is 0.398. The number of hydrogen-bond donors (Lipinski definition) is 0. The van der Waals surface area contributed by atoms with Gasteiger partial charge >= 0.3 is 0 Å². The molecule has 0 unspecified atom stereocenters. The minimum Gasteiger partial charge on any atom is -0.123 e. The zero-order valence-corrected chi connectivity index (χ0v) is 3.83. The summed E-state index contributed by atoms with van der Waals surface area (Å²) in [6, 6.07) is 0. The van der Waals surface area contributed by atoms with Crippen LogP contribution < -0.4 is 0 Å². The zero-order valence-electron chi connectivity index (χ0n) is 3.08. The Hall–Kier alpha value is 0.290. The summed E-state index contributed by atoms with van der Waals surface area (Å²) in [6.45, 7) is 0. The van der Waals surface area contributed by atoms with Crippen LogP contribution in [-0.2, 0) is 0 Å². The zero-order chi connectivity index (χ0) is 3.70. The fourth-order valence-corrected chi connectivity index (χ4v) is 0.667. The molecule has 1 saturated carbocycles. The molecule has 0 aromatic rings. The monoisotopic (exact) mass is 90.0 g/mol. The molecular formula is C4H7Cl. The Bertz CT molecular complexity index is 30.6. The summed E-state index contributed by atoms with van der Waals surface area (Å²) in [7, 11) is 0. The molecule has 5 heavy (non-hydrogen) atoms. The highest BCUT2D eigenvalue weighted by atomic mass is 35.5. The molecule has 0 atom stereocenters. The molecule has 0 amide bonds. The van der Waals surface area contributed by atoms with Gasteiger partial charge in [0.05, 0.1) is 0 Å². The van der Waals surface area contributed by atoms with Crippen LogP contribution in [0.3, 0.4) is 0 Å². The van der Waals surface area contributed by atoms with Gasteiger partial charge in [0.25, 0.3) is 0 Å². The van der Waals surface area contributed by atoms with E-state index in [1.165, 1.54) is 19.3 Å². The smallest absolute Gasteiger partial charge is 0.0336 e. The van der Waals surface area contributed by atoms with E-state index in [-0.39, 0.29) is 0 Å². The summed E-state index contributed by atoms with van der Waals surface area (Å²) in [6.07, 6.45) is 3.86. The summed E-state index contributed by atoms with van der Waals surface area (Å²) in [5.41, 5.74) is 0. The lowest BCUT2D eigenvalue weighted by molar-refractivity contribution is 0.514. The van der Waals surface area contributed by atoms with Crippen molar-refractivity contribution in [2.75, 3.05) is 0 Å². The average Bonchev–Trinajstić information content (AvgIpc) is 1.30. The van der Waals surface area contributed by atoms with E-state index >= 15 is 0 Å². The van der Waals surface area contributed by atoms with Gasteiger partial charge < -0.3 is 0 Å². The van der Waals surface area contributed by atoms with Crippen LogP contribution in [0.15, 0.2) is 0 Å². The van der Waals surface area contributed by atoms with Crippen LogP contribution in [0.1, 0.15) is 19.3 Å². The van der Waals surface area contributed by atoms with Crippen LogP contribution in [0.5, 0.6) is 0 Å². The predicted molar refractivity (Wildman–Crippen MR) is 23.5 cm³/mol. The van der Waals surface area contributed by atoms with E-state index in [1.807, 2.05) is 0 Å². The second kappa shape index (κ2) is 1.17. The topological polar surface area (TPSA) is 0 Å². The number of hydrogen-bond acceptors (Lipinski definition) is 0. The molecule has 30 valence electrons. The molecule has 1 rings (SSSR count). The first-order chi connectivity index (χ1) is 2.39. The van der Waals surface area contributed by atoms with E-state index in [1.54, 1.807) is 0 Å².